The monoisotopic (exact) mass is 235 g/mol. The van der Waals surface area contributed by atoms with Crippen molar-refractivity contribution in [2.24, 2.45) is 11.7 Å². The van der Waals surface area contributed by atoms with Crippen molar-refractivity contribution in [3.63, 3.8) is 0 Å². The van der Waals surface area contributed by atoms with E-state index in [1.165, 1.54) is 19.5 Å². The number of nitrogens with two attached hydrogens (primary N) is 1. The molecule has 0 bridgehead atoms. The predicted octanol–water partition coefficient (Wildman–Crippen LogP) is 0.566. The summed E-state index contributed by atoms with van der Waals surface area (Å²) in [6.07, 6.45) is 5.54. The van der Waals surface area contributed by atoms with Gasteiger partial charge in [0.1, 0.15) is 12.0 Å². The van der Waals surface area contributed by atoms with Gasteiger partial charge in [-0.1, -0.05) is 0 Å². The van der Waals surface area contributed by atoms with Crippen LogP contribution in [0.5, 0.6) is 0 Å². The van der Waals surface area contributed by atoms with Crippen LogP contribution in [0.1, 0.15) is 37.1 Å². The zero-order valence-corrected chi connectivity index (χ0v) is 10.5. The van der Waals surface area contributed by atoms with Crippen molar-refractivity contribution in [2.45, 2.75) is 38.3 Å². The number of fused-ring (bicyclic) bond motifs is 1. The van der Waals surface area contributed by atoms with E-state index in [0.717, 1.165) is 43.3 Å². The zero-order chi connectivity index (χ0) is 11.8. The van der Waals surface area contributed by atoms with Gasteiger partial charge in [-0.2, -0.15) is 5.10 Å². The van der Waals surface area contributed by atoms with Gasteiger partial charge in [0.05, 0.1) is 0 Å². The van der Waals surface area contributed by atoms with E-state index in [4.69, 9.17) is 5.73 Å². The highest BCUT2D eigenvalue weighted by molar-refractivity contribution is 4.99. The molecular formula is C12H21N5. The van der Waals surface area contributed by atoms with Crippen LogP contribution in [0.2, 0.25) is 0 Å². The number of nitrogens with zero attached hydrogens (tertiary/aromatic N) is 4. The molecule has 0 radical (unpaired) electrons. The summed E-state index contributed by atoms with van der Waals surface area (Å²) in [5.74, 6) is 2.81. The normalized spacial score (nSPS) is 29.5. The Bertz CT molecular complexity index is 400. The van der Waals surface area contributed by atoms with Gasteiger partial charge in [0.15, 0.2) is 5.82 Å². The fourth-order valence-electron chi connectivity index (χ4n) is 2.97. The van der Waals surface area contributed by atoms with E-state index in [-0.39, 0.29) is 6.17 Å². The molecule has 3 rings (SSSR count). The Labute approximate surface area is 102 Å². The minimum Gasteiger partial charge on any atom is -0.310 e. The van der Waals surface area contributed by atoms with Crippen molar-refractivity contribution in [1.82, 2.24) is 19.7 Å². The van der Waals surface area contributed by atoms with Gasteiger partial charge in [-0.25, -0.2) is 9.67 Å². The summed E-state index contributed by atoms with van der Waals surface area (Å²) in [6.45, 7) is 2.38. The third-order valence-corrected chi connectivity index (χ3v) is 3.92. The number of likely N-dealkylation sites (tertiary alicyclic amines) is 1. The van der Waals surface area contributed by atoms with Gasteiger partial charge in [-0.05, 0) is 38.8 Å². The summed E-state index contributed by atoms with van der Waals surface area (Å²) in [6, 6.07) is 0. The summed E-state index contributed by atoms with van der Waals surface area (Å²) in [5.41, 5.74) is 6.04. The molecule has 0 saturated carbocycles. The lowest BCUT2D eigenvalue weighted by Crippen LogP contribution is -2.26. The van der Waals surface area contributed by atoms with E-state index < -0.39 is 0 Å². The van der Waals surface area contributed by atoms with Crippen molar-refractivity contribution in [3.8, 4) is 0 Å². The molecule has 0 aromatic carbocycles. The van der Waals surface area contributed by atoms with Gasteiger partial charge in [-0.15, -0.1) is 0 Å². The van der Waals surface area contributed by atoms with Crippen LogP contribution in [-0.2, 0) is 12.8 Å². The topological polar surface area (TPSA) is 60.0 Å². The van der Waals surface area contributed by atoms with Gasteiger partial charge in [0.25, 0.3) is 0 Å². The first-order chi connectivity index (χ1) is 8.22. The highest BCUT2D eigenvalue weighted by Gasteiger charge is 2.24. The number of aryl methyl sites for hydroxylation is 1. The van der Waals surface area contributed by atoms with Crippen molar-refractivity contribution < 1.29 is 0 Å². The Kier molecular flexibility index (Phi) is 2.88. The highest BCUT2D eigenvalue weighted by Crippen LogP contribution is 2.22. The van der Waals surface area contributed by atoms with Crippen molar-refractivity contribution in [3.05, 3.63) is 11.6 Å². The van der Waals surface area contributed by atoms with E-state index in [1.807, 2.05) is 4.68 Å². The number of hydrogen-bond donors (Lipinski definition) is 1. The average molecular weight is 235 g/mol. The van der Waals surface area contributed by atoms with E-state index in [1.54, 1.807) is 0 Å². The van der Waals surface area contributed by atoms with Crippen LogP contribution >= 0.6 is 0 Å². The molecule has 2 aliphatic rings. The van der Waals surface area contributed by atoms with Crippen LogP contribution in [0.15, 0.2) is 0 Å². The van der Waals surface area contributed by atoms with E-state index in [0.29, 0.717) is 0 Å². The fourth-order valence-corrected chi connectivity index (χ4v) is 2.97. The first-order valence-corrected chi connectivity index (χ1v) is 6.61. The van der Waals surface area contributed by atoms with Crippen molar-refractivity contribution in [1.29, 1.82) is 0 Å². The molecule has 94 valence electrons. The third kappa shape index (κ3) is 2.21. The fraction of sp³-hybridized carbons (Fsp3) is 0.833. The minimum atomic E-state index is 0.0475. The molecule has 0 amide bonds. The maximum atomic E-state index is 6.04. The molecule has 5 heteroatoms. The first kappa shape index (κ1) is 11.2. The lowest BCUT2D eigenvalue weighted by molar-refractivity contribution is 0.369. The molecule has 2 unspecified atom stereocenters. The molecule has 2 N–H and O–H groups in total. The quantitative estimate of drug-likeness (QED) is 0.814. The molecule has 2 atom stereocenters. The van der Waals surface area contributed by atoms with Crippen molar-refractivity contribution >= 4 is 0 Å². The minimum absolute atomic E-state index is 0.0475. The maximum Gasteiger partial charge on any atom is 0.151 e. The summed E-state index contributed by atoms with van der Waals surface area (Å²) >= 11 is 0. The number of aromatic nitrogens is 3. The summed E-state index contributed by atoms with van der Waals surface area (Å²) in [5, 5.41) is 4.58. The van der Waals surface area contributed by atoms with Gasteiger partial charge in [0, 0.05) is 19.4 Å². The summed E-state index contributed by atoms with van der Waals surface area (Å²) < 4.78 is 1.94. The largest absolute Gasteiger partial charge is 0.310 e. The molecule has 5 nitrogen and oxygen atoms in total. The number of rotatable bonds is 2. The Balaban J connectivity index is 1.72. The molecule has 0 aliphatic carbocycles. The van der Waals surface area contributed by atoms with E-state index in [9.17, 15) is 0 Å². The van der Waals surface area contributed by atoms with E-state index in [2.05, 4.69) is 22.0 Å². The van der Waals surface area contributed by atoms with Crippen LogP contribution in [0, 0.1) is 5.92 Å². The first-order valence-electron chi connectivity index (χ1n) is 6.61. The summed E-state index contributed by atoms with van der Waals surface area (Å²) in [4.78, 5) is 7.02. The molecule has 0 spiro atoms. The third-order valence-electron chi connectivity index (χ3n) is 3.92. The lowest BCUT2D eigenvalue weighted by Gasteiger charge is -2.18. The molecule has 1 saturated heterocycles. The molecule has 1 fully saturated rings. The predicted molar refractivity (Wildman–Crippen MR) is 65.5 cm³/mol. The second-order valence-electron chi connectivity index (χ2n) is 5.47. The highest BCUT2D eigenvalue weighted by atomic mass is 15.4. The van der Waals surface area contributed by atoms with Crippen LogP contribution in [0.3, 0.4) is 0 Å². The molecule has 1 aromatic rings. The SMILES string of the molecule is CN1CCC(Cc2nc3n(n2)C(N)CCC3)C1. The van der Waals surface area contributed by atoms with Crippen LogP contribution in [0.4, 0.5) is 0 Å². The molecule has 3 heterocycles. The van der Waals surface area contributed by atoms with Gasteiger partial charge in [0.2, 0.25) is 0 Å². The Morgan fingerprint density at radius 1 is 1.41 bits per heavy atom. The van der Waals surface area contributed by atoms with Gasteiger partial charge < -0.3 is 10.6 Å². The van der Waals surface area contributed by atoms with Crippen molar-refractivity contribution in [2.75, 3.05) is 20.1 Å². The molecule has 2 aliphatic heterocycles. The van der Waals surface area contributed by atoms with Crippen LogP contribution < -0.4 is 5.73 Å². The lowest BCUT2D eigenvalue weighted by atomic mass is 10.1. The molecule has 1 aromatic heterocycles. The average Bonchev–Trinajstić information content (AvgIpc) is 2.86. The Hall–Kier alpha value is -0.940. The maximum absolute atomic E-state index is 6.04. The van der Waals surface area contributed by atoms with Gasteiger partial charge >= 0.3 is 0 Å². The Morgan fingerprint density at radius 2 is 2.29 bits per heavy atom. The smallest absolute Gasteiger partial charge is 0.151 e. The van der Waals surface area contributed by atoms with Crippen LogP contribution in [0.25, 0.3) is 0 Å². The summed E-state index contributed by atoms with van der Waals surface area (Å²) in [7, 11) is 2.18. The second kappa shape index (κ2) is 4.38. The molecular weight excluding hydrogens is 214 g/mol. The van der Waals surface area contributed by atoms with Crippen LogP contribution in [-0.4, -0.2) is 39.8 Å². The second-order valence-corrected chi connectivity index (χ2v) is 5.47. The standard InChI is InChI=1S/C12H21N5/c1-16-6-5-9(8-16)7-11-14-12-4-2-3-10(13)17(12)15-11/h9-10H,2-8,13H2,1H3. The molecule has 17 heavy (non-hydrogen) atoms. The Morgan fingerprint density at radius 3 is 3.00 bits per heavy atom. The van der Waals surface area contributed by atoms with E-state index >= 15 is 0 Å². The number of hydrogen-bond acceptors (Lipinski definition) is 4. The van der Waals surface area contributed by atoms with Gasteiger partial charge in [-0.3, -0.25) is 0 Å². The zero-order valence-electron chi connectivity index (χ0n) is 10.5.